The van der Waals surface area contributed by atoms with Crippen LogP contribution in [0.3, 0.4) is 0 Å². The number of hydrogen-bond donors (Lipinski definition) is 0. The van der Waals surface area contributed by atoms with Gasteiger partial charge in [0.25, 0.3) is 10.1 Å². The Hall–Kier alpha value is -1.96. The second-order valence-electron chi connectivity index (χ2n) is 5.97. The van der Waals surface area contributed by atoms with Crippen molar-refractivity contribution in [3.05, 3.63) is 70.6 Å². The predicted octanol–water partition coefficient (Wildman–Crippen LogP) is 3.56. The summed E-state index contributed by atoms with van der Waals surface area (Å²) in [6, 6.07) is 15.3. The van der Waals surface area contributed by atoms with Gasteiger partial charge in [-0.25, -0.2) is 8.42 Å². The highest BCUT2D eigenvalue weighted by Crippen LogP contribution is 2.28. The quantitative estimate of drug-likeness (QED) is 0.671. The van der Waals surface area contributed by atoms with Crippen LogP contribution in [0.1, 0.15) is 24.5 Å². The summed E-state index contributed by atoms with van der Waals surface area (Å²) in [7, 11) is -7.76. The molecular formula is C19H22O5S2. The highest BCUT2D eigenvalue weighted by Gasteiger charge is 2.30. The maximum absolute atomic E-state index is 13.2. The SMILES string of the molecule is CC[C@@H](OS(C)(=O)=O)/C(=C\c1ccccc1)S(=O)(=O)c1ccc(C)cc1. The predicted molar refractivity (Wildman–Crippen MR) is 103 cm³/mol. The Labute approximate surface area is 155 Å². The van der Waals surface area contributed by atoms with E-state index in [0.29, 0.717) is 5.56 Å². The lowest BCUT2D eigenvalue weighted by Gasteiger charge is -2.19. The van der Waals surface area contributed by atoms with Gasteiger partial charge in [0.05, 0.1) is 16.1 Å². The highest BCUT2D eigenvalue weighted by atomic mass is 32.2. The lowest BCUT2D eigenvalue weighted by atomic mass is 10.1. The van der Waals surface area contributed by atoms with Crippen LogP contribution in [0.25, 0.3) is 6.08 Å². The van der Waals surface area contributed by atoms with E-state index in [1.807, 2.05) is 13.0 Å². The maximum Gasteiger partial charge on any atom is 0.264 e. The molecule has 0 saturated heterocycles. The van der Waals surface area contributed by atoms with Gasteiger partial charge in [0.1, 0.15) is 6.10 Å². The highest BCUT2D eigenvalue weighted by molar-refractivity contribution is 7.95. The average molecular weight is 395 g/mol. The van der Waals surface area contributed by atoms with Gasteiger partial charge in [0.2, 0.25) is 9.84 Å². The van der Waals surface area contributed by atoms with Gasteiger partial charge < -0.3 is 0 Å². The van der Waals surface area contributed by atoms with Gasteiger partial charge in [-0.1, -0.05) is 55.0 Å². The molecule has 26 heavy (non-hydrogen) atoms. The van der Waals surface area contributed by atoms with Crippen molar-refractivity contribution in [1.29, 1.82) is 0 Å². The molecule has 140 valence electrons. The Kier molecular flexibility index (Phi) is 6.39. The first-order valence-electron chi connectivity index (χ1n) is 8.10. The largest absolute Gasteiger partial charge is 0.264 e. The van der Waals surface area contributed by atoms with Crippen LogP contribution in [0.4, 0.5) is 0 Å². The molecule has 0 amide bonds. The third-order valence-corrected chi connectivity index (χ3v) is 6.21. The van der Waals surface area contributed by atoms with E-state index in [0.717, 1.165) is 11.8 Å². The van der Waals surface area contributed by atoms with Crippen LogP contribution in [-0.4, -0.2) is 29.2 Å². The average Bonchev–Trinajstić information content (AvgIpc) is 2.58. The summed E-state index contributed by atoms with van der Waals surface area (Å²) < 4.78 is 54.7. The van der Waals surface area contributed by atoms with Gasteiger partial charge in [0.15, 0.2) is 0 Å². The van der Waals surface area contributed by atoms with E-state index in [4.69, 9.17) is 4.18 Å². The monoisotopic (exact) mass is 394 g/mol. The molecule has 5 nitrogen and oxygen atoms in total. The molecule has 0 aliphatic carbocycles. The van der Waals surface area contributed by atoms with Gasteiger partial charge in [-0.3, -0.25) is 4.18 Å². The minimum atomic E-state index is -3.93. The second kappa shape index (κ2) is 8.16. The van der Waals surface area contributed by atoms with E-state index in [1.165, 1.54) is 18.2 Å². The van der Waals surface area contributed by atoms with E-state index < -0.39 is 26.1 Å². The molecule has 0 unspecified atom stereocenters. The fourth-order valence-electron chi connectivity index (χ4n) is 2.44. The molecule has 0 saturated carbocycles. The Balaban J connectivity index is 2.63. The van der Waals surface area contributed by atoms with E-state index in [1.54, 1.807) is 43.3 Å². The third kappa shape index (κ3) is 5.27. The van der Waals surface area contributed by atoms with Crippen LogP contribution in [0.2, 0.25) is 0 Å². The summed E-state index contributed by atoms with van der Waals surface area (Å²) >= 11 is 0. The Morgan fingerprint density at radius 1 is 1.00 bits per heavy atom. The van der Waals surface area contributed by atoms with Gasteiger partial charge in [-0.05, 0) is 37.1 Å². The smallest absolute Gasteiger partial charge is 0.261 e. The topological polar surface area (TPSA) is 77.5 Å². The number of aryl methyl sites for hydroxylation is 1. The minimum Gasteiger partial charge on any atom is -0.261 e. The molecule has 0 bridgehead atoms. The zero-order chi connectivity index (χ0) is 19.4. The summed E-state index contributed by atoms with van der Waals surface area (Å²) in [6.45, 7) is 3.54. The van der Waals surface area contributed by atoms with Crippen molar-refractivity contribution < 1.29 is 21.0 Å². The Bertz CT molecular complexity index is 974. The fourth-order valence-corrected chi connectivity index (χ4v) is 4.78. The first-order valence-corrected chi connectivity index (χ1v) is 11.4. The summed E-state index contributed by atoms with van der Waals surface area (Å²) in [4.78, 5) is 0.0151. The van der Waals surface area contributed by atoms with Crippen LogP contribution in [0, 0.1) is 6.92 Å². The van der Waals surface area contributed by atoms with Crippen molar-refractivity contribution >= 4 is 26.0 Å². The molecule has 2 aromatic rings. The molecule has 0 aromatic heterocycles. The number of hydrogen-bond acceptors (Lipinski definition) is 5. The van der Waals surface area contributed by atoms with Crippen LogP contribution in [-0.2, 0) is 24.1 Å². The molecule has 2 aromatic carbocycles. The summed E-state index contributed by atoms with van der Waals surface area (Å²) in [5.74, 6) is 0. The maximum atomic E-state index is 13.2. The van der Waals surface area contributed by atoms with Gasteiger partial charge in [-0.2, -0.15) is 8.42 Å². The molecule has 7 heteroatoms. The van der Waals surface area contributed by atoms with E-state index in [2.05, 4.69) is 0 Å². The van der Waals surface area contributed by atoms with Crippen LogP contribution < -0.4 is 0 Å². The van der Waals surface area contributed by atoms with Crippen molar-refractivity contribution in [3.8, 4) is 0 Å². The minimum absolute atomic E-state index is 0.0829. The number of benzene rings is 2. The van der Waals surface area contributed by atoms with Crippen LogP contribution in [0.15, 0.2) is 64.4 Å². The van der Waals surface area contributed by atoms with E-state index in [-0.39, 0.29) is 16.2 Å². The van der Waals surface area contributed by atoms with Crippen molar-refractivity contribution in [1.82, 2.24) is 0 Å². The molecule has 0 aliphatic heterocycles. The Morgan fingerprint density at radius 2 is 1.58 bits per heavy atom. The number of sulfone groups is 1. The zero-order valence-corrected chi connectivity index (χ0v) is 16.5. The van der Waals surface area contributed by atoms with E-state index >= 15 is 0 Å². The molecule has 0 aliphatic rings. The van der Waals surface area contributed by atoms with Crippen molar-refractivity contribution in [3.63, 3.8) is 0 Å². The first kappa shape index (κ1) is 20.4. The molecule has 2 rings (SSSR count). The lowest BCUT2D eigenvalue weighted by molar-refractivity contribution is 0.250. The molecule has 0 spiro atoms. The molecule has 1 atom stereocenters. The van der Waals surface area contributed by atoms with Crippen molar-refractivity contribution in [2.75, 3.05) is 6.26 Å². The summed E-state index contributed by atoms with van der Waals surface area (Å²) in [6.07, 6.45) is 1.47. The molecule has 0 N–H and O–H groups in total. The van der Waals surface area contributed by atoms with E-state index in [9.17, 15) is 16.8 Å². The van der Waals surface area contributed by atoms with Crippen LogP contribution in [0.5, 0.6) is 0 Å². The lowest BCUT2D eigenvalue weighted by Crippen LogP contribution is -2.24. The van der Waals surface area contributed by atoms with Gasteiger partial charge in [0, 0.05) is 0 Å². The van der Waals surface area contributed by atoms with Crippen molar-refractivity contribution in [2.24, 2.45) is 0 Å². The molecule has 0 heterocycles. The zero-order valence-electron chi connectivity index (χ0n) is 14.9. The number of rotatable bonds is 7. The normalized spacial score (nSPS) is 14.2. The Morgan fingerprint density at radius 3 is 2.08 bits per heavy atom. The van der Waals surface area contributed by atoms with Crippen LogP contribution >= 0.6 is 0 Å². The third-order valence-electron chi connectivity index (χ3n) is 3.73. The summed E-state index contributed by atoms with van der Waals surface area (Å²) in [5.41, 5.74) is 1.57. The second-order valence-corrected chi connectivity index (χ2v) is 9.52. The van der Waals surface area contributed by atoms with Crippen molar-refractivity contribution in [2.45, 2.75) is 31.3 Å². The summed E-state index contributed by atoms with van der Waals surface area (Å²) in [5, 5.41) is 0. The fraction of sp³-hybridized carbons (Fsp3) is 0.263. The first-order chi connectivity index (χ1) is 12.1. The van der Waals surface area contributed by atoms with Gasteiger partial charge >= 0.3 is 0 Å². The van der Waals surface area contributed by atoms with Gasteiger partial charge in [-0.15, -0.1) is 0 Å². The standard InChI is InChI=1S/C19H22O5S2/c1-4-18(24-25(3,20)21)19(14-16-8-6-5-7-9-16)26(22,23)17-12-10-15(2)11-13-17/h5-14,18H,4H2,1-3H3/b19-14+/t18-/m1/s1. The molecular weight excluding hydrogens is 372 g/mol. The molecule has 0 radical (unpaired) electrons. The molecule has 0 fully saturated rings.